The van der Waals surface area contributed by atoms with Gasteiger partial charge in [-0.2, -0.15) is 0 Å². The molecule has 0 saturated heterocycles. The highest BCUT2D eigenvalue weighted by molar-refractivity contribution is 9.10. The topological polar surface area (TPSA) is 26.3 Å². The lowest BCUT2D eigenvalue weighted by atomic mass is 10.0. The summed E-state index contributed by atoms with van der Waals surface area (Å²) in [5.74, 6) is 0.873. The summed E-state index contributed by atoms with van der Waals surface area (Å²) in [4.78, 5) is 11.3. The van der Waals surface area contributed by atoms with Crippen molar-refractivity contribution in [2.75, 3.05) is 0 Å². The Balaban J connectivity index is 2.17. The highest BCUT2D eigenvalue weighted by Crippen LogP contribution is 2.36. The van der Waals surface area contributed by atoms with Crippen molar-refractivity contribution >= 4 is 21.7 Å². The van der Waals surface area contributed by atoms with Gasteiger partial charge in [0.2, 0.25) is 0 Å². The highest BCUT2D eigenvalue weighted by atomic mass is 79.9. The van der Waals surface area contributed by atoms with Gasteiger partial charge in [0.1, 0.15) is 11.9 Å². The molecule has 1 heterocycles. The van der Waals surface area contributed by atoms with E-state index in [-0.39, 0.29) is 11.9 Å². The van der Waals surface area contributed by atoms with E-state index in [9.17, 15) is 4.79 Å². The smallest absolute Gasteiger partial charge is 0.159 e. The monoisotopic (exact) mass is 280 g/mol. The maximum absolute atomic E-state index is 11.3. The van der Waals surface area contributed by atoms with Gasteiger partial charge in [0.15, 0.2) is 5.78 Å². The summed E-state index contributed by atoms with van der Waals surface area (Å²) >= 11 is 3.40. The molecule has 0 saturated carbocycles. The first-order valence-corrected chi connectivity index (χ1v) is 6.00. The number of halogens is 1. The van der Waals surface area contributed by atoms with Gasteiger partial charge in [-0.15, -0.1) is 0 Å². The van der Waals surface area contributed by atoms with Gasteiger partial charge in [-0.3, -0.25) is 4.79 Å². The molecule has 16 heavy (non-hydrogen) atoms. The van der Waals surface area contributed by atoms with Crippen LogP contribution in [0.1, 0.15) is 31.9 Å². The predicted molar refractivity (Wildman–Crippen MR) is 66.0 cm³/mol. The number of benzene rings is 1. The second kappa shape index (κ2) is 4.42. The zero-order valence-electron chi connectivity index (χ0n) is 9.29. The summed E-state index contributed by atoms with van der Waals surface area (Å²) in [5.41, 5.74) is 1.92. The van der Waals surface area contributed by atoms with Crippen LogP contribution in [0.5, 0.6) is 0 Å². The first-order chi connectivity index (χ1) is 7.58. The molecule has 0 bridgehead atoms. The lowest BCUT2D eigenvalue weighted by Crippen LogP contribution is -1.98. The molecule has 0 spiro atoms. The summed E-state index contributed by atoms with van der Waals surface area (Å²) in [7, 11) is 0. The third-order valence-electron chi connectivity index (χ3n) is 2.80. The number of Topliss-reactive ketones (excluding diaryl/α,β-unsaturated/α-hetero) is 1. The van der Waals surface area contributed by atoms with Gasteiger partial charge >= 0.3 is 0 Å². The average Bonchev–Trinajstić information content (AvgIpc) is 2.61. The van der Waals surface area contributed by atoms with E-state index in [1.807, 2.05) is 31.2 Å². The standard InChI is InChI=1S/C13H13BrO2/c1-8(15)12-7-13(16-9(12)2)10-3-5-11(14)6-4-10/h3-6,13H,7H2,1-2H3. The third kappa shape index (κ3) is 2.19. The molecule has 0 amide bonds. The summed E-state index contributed by atoms with van der Waals surface area (Å²) in [6.07, 6.45) is 0.676. The minimum atomic E-state index is -0.00741. The first kappa shape index (κ1) is 11.4. The summed E-state index contributed by atoms with van der Waals surface area (Å²) in [6, 6.07) is 8.01. The molecule has 1 aliphatic heterocycles. The molecule has 0 aromatic heterocycles. The van der Waals surface area contributed by atoms with Gasteiger partial charge in [-0.1, -0.05) is 28.1 Å². The molecule has 0 radical (unpaired) electrons. The molecule has 1 atom stereocenters. The number of allylic oxidation sites excluding steroid dienone is 1. The average molecular weight is 281 g/mol. The van der Waals surface area contributed by atoms with Crippen LogP contribution in [0.3, 0.4) is 0 Å². The predicted octanol–water partition coefficient (Wildman–Crippen LogP) is 3.77. The van der Waals surface area contributed by atoms with E-state index in [1.165, 1.54) is 0 Å². The van der Waals surface area contributed by atoms with Gasteiger partial charge < -0.3 is 4.74 Å². The lowest BCUT2D eigenvalue weighted by molar-refractivity contribution is -0.113. The van der Waals surface area contributed by atoms with Crippen molar-refractivity contribution in [1.82, 2.24) is 0 Å². The fourth-order valence-electron chi connectivity index (χ4n) is 1.91. The second-order valence-corrected chi connectivity index (χ2v) is 4.87. The number of carbonyl (C=O) groups excluding carboxylic acids is 1. The van der Waals surface area contributed by atoms with Crippen molar-refractivity contribution in [2.45, 2.75) is 26.4 Å². The normalized spacial score (nSPS) is 19.8. The SMILES string of the molecule is CC(=O)C1=C(C)OC(c2ccc(Br)cc2)C1. The van der Waals surface area contributed by atoms with Crippen molar-refractivity contribution < 1.29 is 9.53 Å². The van der Waals surface area contributed by atoms with Gasteiger partial charge in [0, 0.05) is 16.5 Å². The summed E-state index contributed by atoms with van der Waals surface area (Å²) in [6.45, 7) is 3.45. The minimum Gasteiger partial charge on any atom is -0.490 e. The molecule has 0 fully saturated rings. The van der Waals surface area contributed by atoms with Crippen molar-refractivity contribution in [1.29, 1.82) is 0 Å². The number of hydrogen-bond donors (Lipinski definition) is 0. The first-order valence-electron chi connectivity index (χ1n) is 5.20. The highest BCUT2D eigenvalue weighted by Gasteiger charge is 2.26. The van der Waals surface area contributed by atoms with Crippen LogP contribution in [0.4, 0.5) is 0 Å². The van der Waals surface area contributed by atoms with E-state index in [0.29, 0.717) is 6.42 Å². The van der Waals surface area contributed by atoms with Crippen molar-refractivity contribution in [3.8, 4) is 0 Å². The molecule has 1 unspecified atom stereocenters. The van der Waals surface area contributed by atoms with E-state index in [2.05, 4.69) is 15.9 Å². The molecular formula is C13H13BrO2. The number of carbonyl (C=O) groups is 1. The van der Waals surface area contributed by atoms with Crippen LogP contribution >= 0.6 is 15.9 Å². The Labute approximate surface area is 103 Å². The maximum Gasteiger partial charge on any atom is 0.159 e. The van der Waals surface area contributed by atoms with Crippen LogP contribution < -0.4 is 0 Å². The van der Waals surface area contributed by atoms with E-state index < -0.39 is 0 Å². The largest absolute Gasteiger partial charge is 0.490 e. The molecule has 2 rings (SSSR count). The summed E-state index contributed by atoms with van der Waals surface area (Å²) < 4.78 is 6.75. The Morgan fingerprint density at radius 2 is 2.00 bits per heavy atom. The Morgan fingerprint density at radius 1 is 1.38 bits per heavy atom. The van der Waals surface area contributed by atoms with Crippen LogP contribution in [0, 0.1) is 0 Å². The molecule has 1 aromatic carbocycles. The quantitative estimate of drug-likeness (QED) is 0.824. The van der Waals surface area contributed by atoms with Crippen molar-refractivity contribution in [2.24, 2.45) is 0 Å². The molecule has 0 aliphatic carbocycles. The summed E-state index contributed by atoms with van der Waals surface area (Å²) in [5, 5.41) is 0. The van der Waals surface area contributed by atoms with E-state index >= 15 is 0 Å². The maximum atomic E-state index is 11.3. The number of rotatable bonds is 2. The second-order valence-electron chi connectivity index (χ2n) is 3.95. The van der Waals surface area contributed by atoms with E-state index in [0.717, 1.165) is 21.4 Å². The van der Waals surface area contributed by atoms with Gasteiger partial charge in [-0.05, 0) is 31.5 Å². The van der Waals surface area contributed by atoms with Gasteiger partial charge in [-0.25, -0.2) is 0 Å². The zero-order valence-corrected chi connectivity index (χ0v) is 10.9. The molecular weight excluding hydrogens is 268 g/mol. The Bertz CT molecular complexity index is 446. The molecule has 1 aliphatic rings. The molecule has 84 valence electrons. The molecule has 3 heteroatoms. The van der Waals surface area contributed by atoms with E-state index in [4.69, 9.17) is 4.74 Å². The molecule has 2 nitrogen and oxygen atoms in total. The van der Waals surface area contributed by atoms with E-state index in [1.54, 1.807) is 6.92 Å². The van der Waals surface area contributed by atoms with Crippen LogP contribution in [-0.4, -0.2) is 5.78 Å². The van der Waals surface area contributed by atoms with Gasteiger partial charge in [0.05, 0.1) is 0 Å². The van der Waals surface area contributed by atoms with Crippen LogP contribution in [0.15, 0.2) is 40.1 Å². The van der Waals surface area contributed by atoms with Crippen molar-refractivity contribution in [3.63, 3.8) is 0 Å². The van der Waals surface area contributed by atoms with Crippen LogP contribution in [-0.2, 0) is 9.53 Å². The van der Waals surface area contributed by atoms with Crippen LogP contribution in [0.2, 0.25) is 0 Å². The van der Waals surface area contributed by atoms with Gasteiger partial charge in [0.25, 0.3) is 0 Å². The van der Waals surface area contributed by atoms with Crippen LogP contribution in [0.25, 0.3) is 0 Å². The Kier molecular flexibility index (Phi) is 3.15. The number of hydrogen-bond acceptors (Lipinski definition) is 2. The fourth-order valence-corrected chi connectivity index (χ4v) is 2.17. The molecule has 1 aromatic rings. The Hall–Kier alpha value is -1.09. The Morgan fingerprint density at radius 3 is 2.50 bits per heavy atom. The minimum absolute atomic E-state index is 0.00741. The zero-order chi connectivity index (χ0) is 11.7. The molecule has 0 N–H and O–H groups in total. The lowest BCUT2D eigenvalue weighted by Gasteiger charge is -2.11. The third-order valence-corrected chi connectivity index (χ3v) is 3.33. The van der Waals surface area contributed by atoms with Crippen molar-refractivity contribution in [3.05, 3.63) is 45.6 Å². The fraction of sp³-hybridized carbons (Fsp3) is 0.308. The number of ether oxygens (including phenoxy) is 1. The number of ketones is 1.